The SMILES string of the molecule is C=C(C)C(=O)c1cc(C(=O)O)c(O)c(CC)c1C(=O)CNC(=O)CN. The number of carbonyl (C=O) groups excluding carboxylic acids is 3. The molecular weight excluding hydrogens is 328 g/mol. The molecule has 0 radical (unpaired) electrons. The molecule has 8 nitrogen and oxygen atoms in total. The standard InChI is InChI=1S/C17H20N2O6/c1-4-9-14(12(20)7-19-13(21)6-18)10(15(22)8(2)3)5-11(16(9)23)17(24)25/h5,23H,2,4,6-7,18H2,1,3H3,(H,19,21)(H,24,25). The molecule has 0 spiro atoms. The molecule has 0 atom stereocenters. The number of carboxylic acids is 1. The maximum Gasteiger partial charge on any atom is 0.339 e. The van der Waals surface area contributed by atoms with Gasteiger partial charge in [-0.25, -0.2) is 4.79 Å². The van der Waals surface area contributed by atoms with Crippen LogP contribution in [-0.4, -0.2) is 46.7 Å². The number of amides is 1. The summed E-state index contributed by atoms with van der Waals surface area (Å²) in [5.74, 6) is -3.84. The summed E-state index contributed by atoms with van der Waals surface area (Å²) in [6.07, 6.45) is 0.106. The van der Waals surface area contributed by atoms with Crippen LogP contribution in [0, 0.1) is 0 Å². The summed E-state index contributed by atoms with van der Waals surface area (Å²) in [4.78, 5) is 47.5. The Hall–Kier alpha value is -3.00. The first-order valence-electron chi connectivity index (χ1n) is 7.47. The lowest BCUT2D eigenvalue weighted by atomic mass is 9.88. The van der Waals surface area contributed by atoms with Crippen molar-refractivity contribution in [3.8, 4) is 5.75 Å². The lowest BCUT2D eigenvalue weighted by molar-refractivity contribution is -0.119. The average molecular weight is 348 g/mol. The summed E-state index contributed by atoms with van der Waals surface area (Å²) in [7, 11) is 0. The van der Waals surface area contributed by atoms with Gasteiger partial charge in [-0.3, -0.25) is 14.4 Å². The van der Waals surface area contributed by atoms with Crippen molar-refractivity contribution in [1.29, 1.82) is 0 Å². The van der Waals surface area contributed by atoms with Crippen LogP contribution in [0.25, 0.3) is 0 Å². The zero-order valence-electron chi connectivity index (χ0n) is 14.0. The molecule has 0 aliphatic rings. The third-order valence-electron chi connectivity index (χ3n) is 3.53. The van der Waals surface area contributed by atoms with E-state index in [2.05, 4.69) is 11.9 Å². The van der Waals surface area contributed by atoms with Crippen molar-refractivity contribution in [2.45, 2.75) is 20.3 Å². The van der Waals surface area contributed by atoms with Crippen molar-refractivity contribution in [2.75, 3.05) is 13.1 Å². The molecule has 0 aliphatic heterocycles. The Kier molecular flexibility index (Phi) is 6.58. The van der Waals surface area contributed by atoms with Gasteiger partial charge in [0, 0.05) is 16.7 Å². The van der Waals surface area contributed by atoms with E-state index in [4.69, 9.17) is 5.73 Å². The maximum atomic E-state index is 12.5. The highest BCUT2D eigenvalue weighted by Crippen LogP contribution is 2.31. The van der Waals surface area contributed by atoms with E-state index < -0.39 is 41.3 Å². The molecule has 0 aliphatic carbocycles. The Balaban J connectivity index is 3.61. The van der Waals surface area contributed by atoms with E-state index in [1.54, 1.807) is 6.92 Å². The molecule has 1 aromatic rings. The number of phenols is 1. The van der Waals surface area contributed by atoms with E-state index in [0.29, 0.717) is 0 Å². The molecule has 0 aromatic heterocycles. The topological polar surface area (TPSA) is 147 Å². The number of aromatic carboxylic acids is 1. The number of Topliss-reactive ketones (excluding diaryl/α,β-unsaturated/α-hetero) is 2. The number of ketones is 2. The summed E-state index contributed by atoms with van der Waals surface area (Å²) in [5, 5.41) is 21.7. The minimum Gasteiger partial charge on any atom is -0.507 e. The van der Waals surface area contributed by atoms with Gasteiger partial charge in [-0.2, -0.15) is 0 Å². The van der Waals surface area contributed by atoms with Gasteiger partial charge >= 0.3 is 5.97 Å². The molecule has 0 saturated carbocycles. The van der Waals surface area contributed by atoms with Crippen molar-refractivity contribution in [2.24, 2.45) is 5.73 Å². The summed E-state index contributed by atoms with van der Waals surface area (Å²) >= 11 is 0. The first-order valence-corrected chi connectivity index (χ1v) is 7.47. The third-order valence-corrected chi connectivity index (χ3v) is 3.53. The van der Waals surface area contributed by atoms with Crippen LogP contribution in [0.3, 0.4) is 0 Å². The smallest absolute Gasteiger partial charge is 0.339 e. The first-order chi connectivity index (χ1) is 11.6. The molecule has 0 bridgehead atoms. The molecule has 1 amide bonds. The van der Waals surface area contributed by atoms with Crippen LogP contribution in [0.1, 0.15) is 50.5 Å². The maximum absolute atomic E-state index is 12.5. The number of hydrogen-bond acceptors (Lipinski definition) is 6. The van der Waals surface area contributed by atoms with Gasteiger partial charge in [0.1, 0.15) is 11.3 Å². The highest BCUT2D eigenvalue weighted by atomic mass is 16.4. The Morgan fingerprint density at radius 3 is 2.28 bits per heavy atom. The van der Waals surface area contributed by atoms with E-state index in [1.165, 1.54) is 6.92 Å². The van der Waals surface area contributed by atoms with Gasteiger partial charge in [0.05, 0.1) is 13.1 Å². The van der Waals surface area contributed by atoms with Gasteiger partial charge in [-0.15, -0.1) is 0 Å². The lowest BCUT2D eigenvalue weighted by Crippen LogP contribution is -2.35. The van der Waals surface area contributed by atoms with E-state index in [1.807, 2.05) is 0 Å². The molecule has 0 unspecified atom stereocenters. The fourth-order valence-corrected chi connectivity index (χ4v) is 2.30. The normalized spacial score (nSPS) is 10.2. The summed E-state index contributed by atoms with van der Waals surface area (Å²) < 4.78 is 0. The summed E-state index contributed by atoms with van der Waals surface area (Å²) in [5.41, 5.74) is 4.49. The van der Waals surface area contributed by atoms with Crippen molar-refractivity contribution in [3.63, 3.8) is 0 Å². The predicted molar refractivity (Wildman–Crippen MR) is 90.0 cm³/mol. The van der Waals surface area contributed by atoms with Gasteiger partial charge in [0.25, 0.3) is 0 Å². The number of allylic oxidation sites excluding steroid dienone is 1. The summed E-state index contributed by atoms with van der Waals surface area (Å²) in [6.45, 7) is 5.79. The molecule has 1 aromatic carbocycles. The quantitative estimate of drug-likeness (QED) is 0.399. The molecular formula is C17H20N2O6. The minimum atomic E-state index is -1.43. The van der Waals surface area contributed by atoms with E-state index in [9.17, 15) is 29.4 Å². The minimum absolute atomic E-state index is 0.0245. The van der Waals surface area contributed by atoms with Crippen molar-refractivity contribution in [3.05, 3.63) is 40.5 Å². The highest BCUT2D eigenvalue weighted by molar-refractivity contribution is 6.17. The monoisotopic (exact) mass is 348 g/mol. The highest BCUT2D eigenvalue weighted by Gasteiger charge is 2.27. The second-order valence-electron chi connectivity index (χ2n) is 5.35. The number of benzene rings is 1. The third kappa shape index (κ3) is 4.30. The summed E-state index contributed by atoms with van der Waals surface area (Å²) in [6, 6.07) is 0.950. The second-order valence-corrected chi connectivity index (χ2v) is 5.35. The second kappa shape index (κ2) is 8.20. The zero-order chi connectivity index (χ0) is 19.3. The van der Waals surface area contributed by atoms with Gasteiger partial charge in [0.2, 0.25) is 5.91 Å². The van der Waals surface area contributed by atoms with Crippen molar-refractivity contribution < 1.29 is 29.4 Å². The average Bonchev–Trinajstić information content (AvgIpc) is 2.57. The van der Waals surface area contributed by atoms with Crippen molar-refractivity contribution in [1.82, 2.24) is 5.32 Å². The van der Waals surface area contributed by atoms with E-state index >= 15 is 0 Å². The number of carbonyl (C=O) groups is 4. The molecule has 0 heterocycles. The number of hydrogen-bond donors (Lipinski definition) is 4. The molecule has 8 heteroatoms. The number of aromatic hydroxyl groups is 1. The van der Waals surface area contributed by atoms with Gasteiger partial charge < -0.3 is 21.3 Å². The predicted octanol–water partition coefficient (Wildman–Crippen LogP) is 0.669. The Morgan fingerprint density at radius 1 is 1.24 bits per heavy atom. The van der Waals surface area contributed by atoms with Gasteiger partial charge in [-0.1, -0.05) is 13.5 Å². The van der Waals surface area contributed by atoms with Crippen LogP contribution in [0.15, 0.2) is 18.2 Å². The first kappa shape index (κ1) is 20.0. The molecule has 0 fully saturated rings. The van der Waals surface area contributed by atoms with Crippen LogP contribution >= 0.6 is 0 Å². The number of carboxylic acid groups (broad SMARTS) is 1. The molecule has 25 heavy (non-hydrogen) atoms. The fourth-order valence-electron chi connectivity index (χ4n) is 2.30. The Morgan fingerprint density at radius 2 is 1.84 bits per heavy atom. The molecule has 0 saturated heterocycles. The Labute approximate surface area is 144 Å². The van der Waals surface area contributed by atoms with Crippen LogP contribution in [0.2, 0.25) is 0 Å². The van der Waals surface area contributed by atoms with E-state index in [0.717, 1.165) is 6.07 Å². The van der Waals surface area contributed by atoms with Gasteiger partial charge in [-0.05, 0) is 25.0 Å². The van der Waals surface area contributed by atoms with Crippen LogP contribution < -0.4 is 11.1 Å². The number of rotatable bonds is 8. The fraction of sp³-hybridized carbons (Fsp3) is 0.294. The van der Waals surface area contributed by atoms with Crippen LogP contribution in [-0.2, 0) is 11.2 Å². The molecule has 5 N–H and O–H groups in total. The van der Waals surface area contributed by atoms with Crippen LogP contribution in [0.4, 0.5) is 0 Å². The van der Waals surface area contributed by atoms with Gasteiger partial charge in [0.15, 0.2) is 11.6 Å². The largest absolute Gasteiger partial charge is 0.507 e. The zero-order valence-corrected chi connectivity index (χ0v) is 14.0. The Bertz CT molecular complexity index is 767. The number of nitrogens with one attached hydrogen (secondary N) is 1. The number of nitrogens with two attached hydrogens (primary N) is 1. The van der Waals surface area contributed by atoms with Crippen LogP contribution in [0.5, 0.6) is 5.75 Å². The molecule has 1 rings (SSSR count). The molecule has 134 valence electrons. The lowest BCUT2D eigenvalue weighted by Gasteiger charge is -2.16. The van der Waals surface area contributed by atoms with E-state index in [-0.39, 0.29) is 35.2 Å². The van der Waals surface area contributed by atoms with Crippen molar-refractivity contribution >= 4 is 23.4 Å².